The summed E-state index contributed by atoms with van der Waals surface area (Å²) in [6.45, 7) is 8.56. The Bertz CT molecular complexity index is 1190. The lowest BCUT2D eigenvalue weighted by Gasteiger charge is -2.39. The summed E-state index contributed by atoms with van der Waals surface area (Å²) in [4.78, 5) is 30.0. The summed E-state index contributed by atoms with van der Waals surface area (Å²) in [6, 6.07) is 16.1. The molecular weight excluding hydrogens is 514 g/mol. The zero-order valence-electron chi connectivity index (χ0n) is 23.2. The standard InChI is InChI=1S/C31H40ClN3O4/c1-30(2,3)39-29(37)35-15-7-11-25(35)19-27(22-9-6-10-24(32)18-22)33-20-28(36)34-16-13-31(14-17-34)26-12-5-4-8-23(26)21-38-31/h4-6,8-10,12,18,25,27,33H,7,11,13-17,19-21H2,1-3H3/t25-,27-/m0/s1. The van der Waals surface area contributed by atoms with E-state index in [0.29, 0.717) is 37.7 Å². The number of carbonyl (C=O) groups excluding carboxylic acids is 2. The van der Waals surface area contributed by atoms with Crippen molar-refractivity contribution in [2.24, 2.45) is 0 Å². The molecule has 0 radical (unpaired) electrons. The molecule has 3 aliphatic rings. The zero-order chi connectivity index (χ0) is 27.6. The Kier molecular flexibility index (Phi) is 8.22. The number of piperidine rings is 1. The van der Waals surface area contributed by atoms with Crippen LogP contribution in [0, 0.1) is 0 Å². The van der Waals surface area contributed by atoms with Gasteiger partial charge in [-0.1, -0.05) is 48.0 Å². The Morgan fingerprint density at radius 1 is 1.13 bits per heavy atom. The molecule has 5 rings (SSSR count). The van der Waals surface area contributed by atoms with E-state index in [1.54, 1.807) is 0 Å². The number of nitrogens with one attached hydrogen (secondary N) is 1. The van der Waals surface area contributed by atoms with E-state index in [2.05, 4.69) is 29.6 Å². The van der Waals surface area contributed by atoms with Gasteiger partial charge in [-0.25, -0.2) is 4.79 Å². The van der Waals surface area contributed by atoms with Crippen LogP contribution in [0.1, 0.15) is 75.6 Å². The minimum Gasteiger partial charge on any atom is -0.444 e. The summed E-state index contributed by atoms with van der Waals surface area (Å²) < 4.78 is 11.9. The number of nitrogens with zero attached hydrogens (tertiary/aromatic N) is 2. The number of amides is 2. The van der Waals surface area contributed by atoms with E-state index >= 15 is 0 Å². The Labute approximate surface area is 236 Å². The lowest BCUT2D eigenvalue weighted by Crippen LogP contribution is -2.48. The van der Waals surface area contributed by atoms with Gasteiger partial charge in [-0.2, -0.15) is 0 Å². The molecular formula is C31H40ClN3O4. The first-order valence-corrected chi connectivity index (χ1v) is 14.5. The quantitative estimate of drug-likeness (QED) is 0.489. The summed E-state index contributed by atoms with van der Waals surface area (Å²) >= 11 is 6.34. The summed E-state index contributed by atoms with van der Waals surface area (Å²) in [6.07, 6.45) is 3.86. The molecule has 39 heavy (non-hydrogen) atoms. The minimum absolute atomic E-state index is 0.0286. The number of hydrogen-bond acceptors (Lipinski definition) is 5. The zero-order valence-corrected chi connectivity index (χ0v) is 24.0. The van der Waals surface area contributed by atoms with Crippen molar-refractivity contribution in [1.29, 1.82) is 0 Å². The van der Waals surface area contributed by atoms with Crippen molar-refractivity contribution in [2.75, 3.05) is 26.2 Å². The molecule has 2 amide bonds. The lowest BCUT2D eigenvalue weighted by molar-refractivity contribution is -0.137. The molecule has 1 N–H and O–H groups in total. The largest absolute Gasteiger partial charge is 0.444 e. The predicted molar refractivity (Wildman–Crippen MR) is 151 cm³/mol. The lowest BCUT2D eigenvalue weighted by atomic mass is 9.84. The summed E-state index contributed by atoms with van der Waals surface area (Å²) in [5.41, 5.74) is 2.75. The highest BCUT2D eigenvalue weighted by Gasteiger charge is 2.43. The number of fused-ring (bicyclic) bond motifs is 2. The van der Waals surface area contributed by atoms with Crippen LogP contribution in [0.4, 0.5) is 4.79 Å². The molecule has 0 aromatic heterocycles. The van der Waals surface area contributed by atoms with Gasteiger partial charge in [0.1, 0.15) is 5.60 Å². The first-order chi connectivity index (χ1) is 18.6. The smallest absolute Gasteiger partial charge is 0.410 e. The molecule has 2 atom stereocenters. The number of carbonyl (C=O) groups is 2. The Morgan fingerprint density at radius 2 is 1.90 bits per heavy atom. The van der Waals surface area contributed by atoms with Gasteiger partial charge in [0.2, 0.25) is 5.91 Å². The molecule has 8 heteroatoms. The molecule has 2 aromatic carbocycles. The highest BCUT2D eigenvalue weighted by Crippen LogP contribution is 2.44. The molecule has 1 spiro atoms. The van der Waals surface area contributed by atoms with Crippen LogP contribution in [0.15, 0.2) is 48.5 Å². The third-order valence-electron chi connectivity index (χ3n) is 8.20. The number of rotatable bonds is 6. The van der Waals surface area contributed by atoms with Gasteiger partial charge in [0.05, 0.1) is 18.8 Å². The van der Waals surface area contributed by atoms with Crippen LogP contribution >= 0.6 is 11.6 Å². The normalized spacial score (nSPS) is 21.2. The topological polar surface area (TPSA) is 71.1 Å². The second kappa shape index (κ2) is 11.5. The van der Waals surface area contributed by atoms with E-state index in [-0.39, 0.29) is 36.2 Å². The van der Waals surface area contributed by atoms with Gasteiger partial charge < -0.3 is 24.6 Å². The molecule has 0 unspecified atom stereocenters. The van der Waals surface area contributed by atoms with Crippen LogP contribution in [0.25, 0.3) is 0 Å². The molecule has 0 aliphatic carbocycles. The Hall–Kier alpha value is -2.61. The average Bonchev–Trinajstić information content (AvgIpc) is 3.51. The second-order valence-electron chi connectivity index (χ2n) is 12.0. The van der Waals surface area contributed by atoms with Crippen molar-refractivity contribution in [3.63, 3.8) is 0 Å². The molecule has 2 fully saturated rings. The maximum atomic E-state index is 13.3. The van der Waals surface area contributed by atoms with Crippen LogP contribution in [-0.2, 0) is 26.5 Å². The maximum absolute atomic E-state index is 13.3. The van der Waals surface area contributed by atoms with Gasteiger partial charge in [0.15, 0.2) is 0 Å². The SMILES string of the molecule is CC(C)(C)OC(=O)N1CCC[C@H]1C[C@H](NCC(=O)N1CCC2(CC1)OCc1ccccc12)c1cccc(Cl)c1. The average molecular weight is 554 g/mol. The Morgan fingerprint density at radius 3 is 2.64 bits per heavy atom. The molecule has 7 nitrogen and oxygen atoms in total. The van der Waals surface area contributed by atoms with Gasteiger partial charge in [-0.3, -0.25) is 4.79 Å². The summed E-state index contributed by atoms with van der Waals surface area (Å²) in [5.74, 6) is 0.0820. The number of halogens is 1. The van der Waals surface area contributed by atoms with E-state index < -0.39 is 5.60 Å². The van der Waals surface area contributed by atoms with Gasteiger partial charge in [-0.05, 0) is 81.7 Å². The van der Waals surface area contributed by atoms with Crippen LogP contribution in [-0.4, -0.2) is 59.6 Å². The van der Waals surface area contributed by atoms with Gasteiger partial charge in [0.25, 0.3) is 0 Å². The fourth-order valence-electron chi connectivity index (χ4n) is 6.21. The number of hydrogen-bond donors (Lipinski definition) is 1. The molecule has 0 saturated carbocycles. The van der Waals surface area contributed by atoms with Crippen molar-refractivity contribution >= 4 is 23.6 Å². The molecule has 0 bridgehead atoms. The van der Waals surface area contributed by atoms with Crippen LogP contribution in [0.5, 0.6) is 0 Å². The highest BCUT2D eigenvalue weighted by molar-refractivity contribution is 6.30. The van der Waals surface area contributed by atoms with E-state index in [1.807, 2.05) is 54.8 Å². The van der Waals surface area contributed by atoms with Gasteiger partial charge in [-0.15, -0.1) is 0 Å². The first kappa shape index (κ1) is 27.9. The number of likely N-dealkylation sites (tertiary alicyclic amines) is 2. The maximum Gasteiger partial charge on any atom is 0.410 e. The van der Waals surface area contributed by atoms with E-state index in [1.165, 1.54) is 11.1 Å². The minimum atomic E-state index is -0.542. The van der Waals surface area contributed by atoms with Crippen molar-refractivity contribution in [2.45, 2.75) is 82.8 Å². The summed E-state index contributed by atoms with van der Waals surface area (Å²) in [5, 5.41) is 4.16. The van der Waals surface area contributed by atoms with E-state index in [9.17, 15) is 9.59 Å². The van der Waals surface area contributed by atoms with Crippen LogP contribution in [0.3, 0.4) is 0 Å². The van der Waals surface area contributed by atoms with E-state index in [0.717, 1.165) is 31.2 Å². The van der Waals surface area contributed by atoms with Crippen LogP contribution < -0.4 is 5.32 Å². The van der Waals surface area contributed by atoms with E-state index in [4.69, 9.17) is 21.1 Å². The first-order valence-electron chi connectivity index (χ1n) is 14.1. The molecule has 3 heterocycles. The summed E-state index contributed by atoms with van der Waals surface area (Å²) in [7, 11) is 0. The van der Waals surface area contributed by atoms with Crippen molar-refractivity contribution in [3.8, 4) is 0 Å². The monoisotopic (exact) mass is 553 g/mol. The van der Waals surface area contributed by atoms with Crippen molar-refractivity contribution in [1.82, 2.24) is 15.1 Å². The van der Waals surface area contributed by atoms with Gasteiger partial charge in [0, 0.05) is 36.7 Å². The third-order valence-corrected chi connectivity index (χ3v) is 8.43. The molecule has 2 aromatic rings. The van der Waals surface area contributed by atoms with Crippen molar-refractivity contribution < 1.29 is 19.1 Å². The molecule has 3 aliphatic heterocycles. The highest BCUT2D eigenvalue weighted by atomic mass is 35.5. The van der Waals surface area contributed by atoms with Gasteiger partial charge >= 0.3 is 6.09 Å². The number of ether oxygens (including phenoxy) is 2. The van der Waals surface area contributed by atoms with Crippen molar-refractivity contribution in [3.05, 3.63) is 70.2 Å². The predicted octanol–water partition coefficient (Wildman–Crippen LogP) is 5.81. The number of benzene rings is 2. The second-order valence-corrected chi connectivity index (χ2v) is 12.5. The molecule has 2 saturated heterocycles. The fourth-order valence-corrected chi connectivity index (χ4v) is 6.41. The Balaban J connectivity index is 1.22. The third kappa shape index (κ3) is 6.42. The molecule has 210 valence electrons. The van der Waals surface area contributed by atoms with Crippen LogP contribution in [0.2, 0.25) is 5.02 Å². The fraction of sp³-hybridized carbons (Fsp3) is 0.548.